The summed E-state index contributed by atoms with van der Waals surface area (Å²) in [7, 11) is 0. The molecule has 0 aliphatic rings. The molecule has 0 atom stereocenters. The van der Waals surface area contributed by atoms with Crippen molar-refractivity contribution in [1.82, 2.24) is 4.98 Å². The molecule has 0 radical (unpaired) electrons. The van der Waals surface area contributed by atoms with E-state index in [9.17, 15) is 9.90 Å². The first kappa shape index (κ1) is 14.0. The minimum atomic E-state index is -0.915. The highest BCUT2D eigenvalue weighted by Gasteiger charge is 2.18. The lowest BCUT2D eigenvalue weighted by molar-refractivity contribution is 0.0700. The molecule has 0 saturated heterocycles. The van der Waals surface area contributed by atoms with Crippen molar-refractivity contribution in [3.8, 4) is 10.6 Å². The molecule has 5 heteroatoms. The molecule has 0 amide bonds. The lowest BCUT2D eigenvalue weighted by Gasteiger charge is -1.98. The largest absolute Gasteiger partial charge is 0.477 e. The van der Waals surface area contributed by atoms with Crippen LogP contribution < -0.4 is 0 Å². The average Bonchev–Trinajstić information content (AvgIpc) is 2.81. The van der Waals surface area contributed by atoms with E-state index in [1.807, 2.05) is 18.2 Å². The summed E-state index contributed by atoms with van der Waals surface area (Å²) in [6.07, 6.45) is 2.64. The summed E-state index contributed by atoms with van der Waals surface area (Å²) in [5.74, 6) is -0.915. The van der Waals surface area contributed by atoms with E-state index in [0.29, 0.717) is 27.0 Å². The molecule has 0 fully saturated rings. The number of aryl methyl sites for hydroxylation is 1. The van der Waals surface area contributed by atoms with Crippen LogP contribution in [-0.4, -0.2) is 16.1 Å². The van der Waals surface area contributed by atoms with Crippen molar-refractivity contribution in [2.45, 2.75) is 26.2 Å². The number of aromatic carboxylic acids is 1. The third kappa shape index (κ3) is 3.14. The van der Waals surface area contributed by atoms with Crippen molar-refractivity contribution in [1.29, 1.82) is 0 Å². The standard InChI is InChI=1S/C14H14ClNO2S/c1-2-3-8-11-12(14(17)18)19-13(16-11)9-6-4-5-7-10(9)15/h4-7H,2-3,8H2,1H3,(H,17,18). The molecule has 2 rings (SSSR count). The summed E-state index contributed by atoms with van der Waals surface area (Å²) in [6.45, 7) is 2.07. The number of thiazole rings is 1. The van der Waals surface area contributed by atoms with Gasteiger partial charge in [0, 0.05) is 5.56 Å². The first-order valence-corrected chi connectivity index (χ1v) is 7.30. The predicted molar refractivity (Wildman–Crippen MR) is 78.1 cm³/mol. The van der Waals surface area contributed by atoms with Crippen molar-refractivity contribution >= 4 is 28.9 Å². The van der Waals surface area contributed by atoms with Gasteiger partial charge in [-0.25, -0.2) is 9.78 Å². The Bertz CT molecular complexity index is 595. The van der Waals surface area contributed by atoms with Gasteiger partial charge in [0.1, 0.15) is 9.88 Å². The van der Waals surface area contributed by atoms with Gasteiger partial charge in [0.15, 0.2) is 0 Å². The van der Waals surface area contributed by atoms with E-state index in [-0.39, 0.29) is 0 Å². The van der Waals surface area contributed by atoms with Crippen molar-refractivity contribution in [3.63, 3.8) is 0 Å². The van der Waals surface area contributed by atoms with Gasteiger partial charge in [-0.1, -0.05) is 43.1 Å². The summed E-state index contributed by atoms with van der Waals surface area (Å²) < 4.78 is 0. The first-order valence-electron chi connectivity index (χ1n) is 6.11. The number of carboxylic acid groups (broad SMARTS) is 1. The second-order valence-electron chi connectivity index (χ2n) is 4.18. The Morgan fingerprint density at radius 2 is 2.16 bits per heavy atom. The maximum absolute atomic E-state index is 11.3. The molecule has 0 bridgehead atoms. The second kappa shape index (κ2) is 6.17. The van der Waals surface area contributed by atoms with Gasteiger partial charge in [-0.2, -0.15) is 0 Å². The Morgan fingerprint density at radius 3 is 2.79 bits per heavy atom. The van der Waals surface area contributed by atoms with Crippen LogP contribution in [0.15, 0.2) is 24.3 Å². The molecule has 0 aliphatic heterocycles. The molecule has 1 aromatic heterocycles. The van der Waals surface area contributed by atoms with E-state index < -0.39 is 5.97 Å². The number of hydrogen-bond donors (Lipinski definition) is 1. The second-order valence-corrected chi connectivity index (χ2v) is 5.59. The fourth-order valence-electron chi connectivity index (χ4n) is 1.78. The van der Waals surface area contributed by atoms with Gasteiger partial charge < -0.3 is 5.11 Å². The van der Waals surface area contributed by atoms with E-state index in [1.165, 1.54) is 11.3 Å². The van der Waals surface area contributed by atoms with E-state index in [0.717, 1.165) is 18.4 Å². The Balaban J connectivity index is 2.43. The van der Waals surface area contributed by atoms with Gasteiger partial charge >= 0.3 is 5.97 Å². The highest BCUT2D eigenvalue weighted by Crippen LogP contribution is 2.33. The van der Waals surface area contributed by atoms with Crippen molar-refractivity contribution < 1.29 is 9.90 Å². The normalized spacial score (nSPS) is 10.6. The lowest BCUT2D eigenvalue weighted by Crippen LogP contribution is -1.98. The van der Waals surface area contributed by atoms with Gasteiger partial charge in [-0.15, -0.1) is 11.3 Å². The molecule has 3 nitrogen and oxygen atoms in total. The fraction of sp³-hybridized carbons (Fsp3) is 0.286. The quantitative estimate of drug-likeness (QED) is 0.883. The summed E-state index contributed by atoms with van der Waals surface area (Å²) in [5, 5.41) is 10.5. The number of rotatable bonds is 5. The van der Waals surface area contributed by atoms with Gasteiger partial charge in [-0.3, -0.25) is 0 Å². The van der Waals surface area contributed by atoms with E-state index in [1.54, 1.807) is 6.07 Å². The lowest BCUT2D eigenvalue weighted by atomic mass is 10.2. The van der Waals surface area contributed by atoms with Crippen LogP contribution in [0.25, 0.3) is 10.6 Å². The number of carboxylic acids is 1. The van der Waals surface area contributed by atoms with E-state index >= 15 is 0 Å². The smallest absolute Gasteiger partial charge is 0.347 e. The first-order chi connectivity index (χ1) is 9.13. The number of carbonyl (C=O) groups is 1. The molecule has 0 spiro atoms. The topological polar surface area (TPSA) is 50.2 Å². The molecule has 0 saturated carbocycles. The molecule has 1 N–H and O–H groups in total. The highest BCUT2D eigenvalue weighted by atomic mass is 35.5. The Labute approximate surface area is 120 Å². The van der Waals surface area contributed by atoms with Gasteiger partial charge in [0.05, 0.1) is 10.7 Å². The van der Waals surface area contributed by atoms with Crippen LogP contribution in [0.2, 0.25) is 5.02 Å². The minimum absolute atomic E-state index is 0.323. The summed E-state index contributed by atoms with van der Waals surface area (Å²) >= 11 is 7.31. The molecule has 19 heavy (non-hydrogen) atoms. The van der Waals surface area contributed by atoms with Crippen LogP contribution in [0.5, 0.6) is 0 Å². The molecule has 2 aromatic rings. The van der Waals surface area contributed by atoms with Crippen LogP contribution in [0, 0.1) is 0 Å². The third-order valence-corrected chi connectivity index (χ3v) is 4.21. The van der Waals surface area contributed by atoms with E-state index in [2.05, 4.69) is 11.9 Å². The molecule has 0 unspecified atom stereocenters. The number of hydrogen-bond acceptors (Lipinski definition) is 3. The zero-order valence-electron chi connectivity index (χ0n) is 10.5. The van der Waals surface area contributed by atoms with Crippen LogP contribution >= 0.6 is 22.9 Å². The number of halogens is 1. The Hall–Kier alpha value is -1.39. The van der Waals surface area contributed by atoms with Crippen LogP contribution in [0.3, 0.4) is 0 Å². The van der Waals surface area contributed by atoms with Crippen molar-refractivity contribution in [2.75, 3.05) is 0 Å². The molecular formula is C14H14ClNO2S. The number of benzene rings is 1. The van der Waals surface area contributed by atoms with E-state index in [4.69, 9.17) is 11.6 Å². The van der Waals surface area contributed by atoms with Gasteiger partial charge in [-0.05, 0) is 18.9 Å². The maximum atomic E-state index is 11.3. The number of unbranched alkanes of at least 4 members (excludes halogenated alkanes) is 1. The third-order valence-electron chi connectivity index (χ3n) is 2.76. The van der Waals surface area contributed by atoms with Gasteiger partial charge in [0.2, 0.25) is 0 Å². The van der Waals surface area contributed by atoms with Crippen molar-refractivity contribution in [3.05, 3.63) is 39.9 Å². The SMILES string of the molecule is CCCCc1nc(-c2ccccc2Cl)sc1C(=O)O. The zero-order chi connectivity index (χ0) is 13.8. The monoisotopic (exact) mass is 295 g/mol. The molecule has 0 aliphatic carbocycles. The number of nitrogens with zero attached hydrogens (tertiary/aromatic N) is 1. The molecule has 1 heterocycles. The van der Waals surface area contributed by atoms with Gasteiger partial charge in [0.25, 0.3) is 0 Å². The highest BCUT2D eigenvalue weighted by molar-refractivity contribution is 7.17. The Kier molecular flexibility index (Phi) is 4.56. The maximum Gasteiger partial charge on any atom is 0.347 e. The summed E-state index contributed by atoms with van der Waals surface area (Å²) in [4.78, 5) is 16.0. The zero-order valence-corrected chi connectivity index (χ0v) is 12.1. The number of aromatic nitrogens is 1. The minimum Gasteiger partial charge on any atom is -0.477 e. The molecule has 1 aromatic carbocycles. The summed E-state index contributed by atoms with van der Waals surface area (Å²) in [5.41, 5.74) is 1.45. The van der Waals surface area contributed by atoms with Crippen LogP contribution in [0.4, 0.5) is 0 Å². The molecule has 100 valence electrons. The van der Waals surface area contributed by atoms with Crippen LogP contribution in [-0.2, 0) is 6.42 Å². The molecular weight excluding hydrogens is 282 g/mol. The average molecular weight is 296 g/mol. The van der Waals surface area contributed by atoms with Crippen molar-refractivity contribution in [2.24, 2.45) is 0 Å². The fourth-order valence-corrected chi connectivity index (χ4v) is 3.05. The Morgan fingerprint density at radius 1 is 1.42 bits per heavy atom. The van der Waals surface area contributed by atoms with Crippen LogP contribution in [0.1, 0.15) is 35.1 Å². The summed E-state index contributed by atoms with van der Waals surface area (Å²) in [6, 6.07) is 7.35. The predicted octanol–water partition coefficient (Wildman–Crippen LogP) is 4.50.